The van der Waals surface area contributed by atoms with Crippen molar-refractivity contribution in [1.29, 1.82) is 0 Å². The molecule has 2 aliphatic rings. The van der Waals surface area contributed by atoms with Gasteiger partial charge in [0.1, 0.15) is 0 Å². The Morgan fingerprint density at radius 3 is 2.71 bits per heavy atom. The first-order valence-electron chi connectivity index (χ1n) is 9.19. The summed E-state index contributed by atoms with van der Waals surface area (Å²) in [5.74, 6) is 1.02. The third-order valence-corrected chi connectivity index (χ3v) is 5.39. The maximum absolute atomic E-state index is 12.6. The van der Waals surface area contributed by atoms with E-state index in [2.05, 4.69) is 10.3 Å². The van der Waals surface area contributed by atoms with Crippen molar-refractivity contribution in [2.24, 2.45) is 18.9 Å². The first kappa shape index (κ1) is 17.0. The largest absolute Gasteiger partial charge is 0.338 e. The van der Waals surface area contributed by atoms with Crippen molar-refractivity contribution in [3.8, 4) is 0 Å². The van der Waals surface area contributed by atoms with Crippen LogP contribution in [0.3, 0.4) is 0 Å². The lowest BCUT2D eigenvalue weighted by molar-refractivity contribution is 0.0831. The van der Waals surface area contributed by atoms with Gasteiger partial charge in [-0.15, -0.1) is 0 Å². The molecule has 2 heterocycles. The molecule has 2 amide bonds. The third-order valence-electron chi connectivity index (χ3n) is 5.39. The monoisotopic (exact) mass is 332 g/mol. The topological polar surface area (TPSA) is 67.2 Å². The number of urea groups is 1. The number of imidazole rings is 1. The van der Waals surface area contributed by atoms with Crippen molar-refractivity contribution in [3.05, 3.63) is 18.2 Å². The molecule has 0 aromatic carbocycles. The van der Waals surface area contributed by atoms with E-state index in [9.17, 15) is 9.59 Å². The van der Waals surface area contributed by atoms with Gasteiger partial charge in [0, 0.05) is 45.0 Å². The molecule has 0 radical (unpaired) electrons. The molecule has 6 nitrogen and oxygen atoms in total. The Bertz CT molecular complexity index is 577. The molecule has 1 aromatic heterocycles. The summed E-state index contributed by atoms with van der Waals surface area (Å²) in [6.45, 7) is 2.01. The normalized spacial score (nSPS) is 22.4. The van der Waals surface area contributed by atoms with Crippen LogP contribution in [0.25, 0.3) is 0 Å². The molecule has 0 bridgehead atoms. The molecular weight excluding hydrogens is 304 g/mol. The van der Waals surface area contributed by atoms with Gasteiger partial charge < -0.3 is 14.8 Å². The number of nitrogens with one attached hydrogen (secondary N) is 1. The molecule has 2 fully saturated rings. The smallest absolute Gasteiger partial charge is 0.317 e. The van der Waals surface area contributed by atoms with Gasteiger partial charge in [-0.05, 0) is 31.6 Å². The van der Waals surface area contributed by atoms with Crippen molar-refractivity contribution in [2.45, 2.75) is 44.9 Å². The lowest BCUT2D eigenvalue weighted by atomic mass is 9.89. The average molecular weight is 332 g/mol. The number of Topliss-reactive ketones (excluding diaryl/α,β-unsaturated/α-hetero) is 1. The molecule has 132 valence electrons. The van der Waals surface area contributed by atoms with Crippen LogP contribution in [0.1, 0.15) is 55.6 Å². The van der Waals surface area contributed by atoms with Crippen LogP contribution >= 0.6 is 0 Å². The summed E-state index contributed by atoms with van der Waals surface area (Å²) in [5, 5.41) is 3.08. The van der Waals surface area contributed by atoms with Gasteiger partial charge in [0.25, 0.3) is 0 Å². The summed E-state index contributed by atoms with van der Waals surface area (Å²) in [5.41, 5.74) is 0. The van der Waals surface area contributed by atoms with Gasteiger partial charge in [0.2, 0.25) is 5.78 Å². The Morgan fingerprint density at radius 2 is 2.00 bits per heavy atom. The molecule has 3 rings (SSSR count). The van der Waals surface area contributed by atoms with Crippen molar-refractivity contribution in [2.75, 3.05) is 19.6 Å². The van der Waals surface area contributed by atoms with E-state index in [0.717, 1.165) is 25.9 Å². The Morgan fingerprint density at radius 1 is 1.21 bits per heavy atom. The van der Waals surface area contributed by atoms with E-state index in [-0.39, 0.29) is 17.7 Å². The standard InChI is InChI=1S/C18H28N4O2/c1-21-11-9-19-17(21)16(23)15-8-5-10-22(13-15)18(24)20-12-14-6-3-2-4-7-14/h9,11,14-15H,2-8,10,12-13H2,1H3,(H,20,24)/t15-/m1/s1. The fourth-order valence-electron chi connectivity index (χ4n) is 3.90. The number of rotatable bonds is 4. The molecule has 1 saturated heterocycles. The van der Waals surface area contributed by atoms with Gasteiger partial charge in [0.15, 0.2) is 5.82 Å². The van der Waals surface area contributed by atoms with Crippen LogP contribution in [0.4, 0.5) is 4.79 Å². The number of aromatic nitrogens is 2. The molecule has 6 heteroatoms. The number of ketones is 1. The number of likely N-dealkylation sites (tertiary alicyclic amines) is 1. The highest BCUT2D eigenvalue weighted by molar-refractivity contribution is 5.95. The molecule has 1 aliphatic carbocycles. The van der Waals surface area contributed by atoms with Crippen LogP contribution in [-0.2, 0) is 7.05 Å². The fourth-order valence-corrected chi connectivity index (χ4v) is 3.90. The second-order valence-electron chi connectivity index (χ2n) is 7.20. The first-order chi connectivity index (χ1) is 11.6. The average Bonchev–Trinajstić information content (AvgIpc) is 3.06. The SMILES string of the molecule is Cn1ccnc1C(=O)[C@@H]1CCCN(C(=O)NCC2CCCCC2)C1. The summed E-state index contributed by atoms with van der Waals surface area (Å²) in [6, 6.07) is -0.0158. The Labute approximate surface area is 143 Å². The van der Waals surface area contributed by atoms with E-state index < -0.39 is 0 Å². The Kier molecular flexibility index (Phi) is 5.53. The van der Waals surface area contributed by atoms with Crippen molar-refractivity contribution in [3.63, 3.8) is 0 Å². The number of hydrogen-bond donors (Lipinski definition) is 1. The van der Waals surface area contributed by atoms with Gasteiger partial charge in [-0.1, -0.05) is 19.3 Å². The van der Waals surface area contributed by atoms with Crippen molar-refractivity contribution >= 4 is 11.8 Å². The van der Waals surface area contributed by atoms with E-state index >= 15 is 0 Å². The van der Waals surface area contributed by atoms with Gasteiger partial charge in [-0.3, -0.25) is 4.79 Å². The minimum Gasteiger partial charge on any atom is -0.338 e. The molecule has 1 atom stereocenters. The fraction of sp³-hybridized carbons (Fsp3) is 0.722. The molecule has 1 N–H and O–H groups in total. The van der Waals surface area contributed by atoms with E-state index in [0.29, 0.717) is 18.3 Å². The summed E-state index contributed by atoms with van der Waals surface area (Å²) in [6.07, 6.45) is 11.5. The Hall–Kier alpha value is -1.85. The molecule has 0 unspecified atom stereocenters. The number of aryl methyl sites for hydroxylation is 1. The first-order valence-corrected chi connectivity index (χ1v) is 9.19. The molecular formula is C18H28N4O2. The van der Waals surface area contributed by atoms with Crippen LogP contribution in [0, 0.1) is 11.8 Å². The Balaban J connectivity index is 1.52. The zero-order valence-corrected chi connectivity index (χ0v) is 14.5. The summed E-state index contributed by atoms with van der Waals surface area (Å²) >= 11 is 0. The predicted octanol–water partition coefficient (Wildman–Crippen LogP) is 2.60. The number of carbonyl (C=O) groups is 2. The highest BCUT2D eigenvalue weighted by atomic mass is 16.2. The van der Waals surface area contributed by atoms with Gasteiger partial charge in [-0.25, -0.2) is 9.78 Å². The number of amides is 2. The number of piperidine rings is 1. The maximum atomic E-state index is 12.6. The minimum absolute atomic E-state index is 0.0158. The maximum Gasteiger partial charge on any atom is 0.317 e. The molecule has 0 spiro atoms. The van der Waals surface area contributed by atoms with Gasteiger partial charge in [-0.2, -0.15) is 0 Å². The van der Waals surface area contributed by atoms with Crippen LogP contribution in [-0.4, -0.2) is 45.9 Å². The van der Waals surface area contributed by atoms with Crippen LogP contribution in [0.5, 0.6) is 0 Å². The highest BCUT2D eigenvalue weighted by Crippen LogP contribution is 2.23. The van der Waals surface area contributed by atoms with E-state index in [4.69, 9.17) is 0 Å². The molecule has 1 aliphatic heterocycles. The second kappa shape index (κ2) is 7.81. The van der Waals surface area contributed by atoms with Crippen LogP contribution in [0.2, 0.25) is 0 Å². The summed E-state index contributed by atoms with van der Waals surface area (Å²) in [4.78, 5) is 31.0. The van der Waals surface area contributed by atoms with E-state index in [1.54, 1.807) is 21.9 Å². The second-order valence-corrected chi connectivity index (χ2v) is 7.20. The number of nitrogens with zero attached hydrogens (tertiary/aromatic N) is 3. The van der Waals surface area contributed by atoms with Crippen molar-refractivity contribution in [1.82, 2.24) is 19.8 Å². The minimum atomic E-state index is -0.139. The van der Waals surface area contributed by atoms with Crippen LogP contribution < -0.4 is 5.32 Å². The lowest BCUT2D eigenvalue weighted by Crippen LogP contribution is -2.48. The quantitative estimate of drug-likeness (QED) is 0.862. The summed E-state index contributed by atoms with van der Waals surface area (Å²) < 4.78 is 1.75. The third kappa shape index (κ3) is 3.97. The lowest BCUT2D eigenvalue weighted by Gasteiger charge is -2.32. The highest BCUT2D eigenvalue weighted by Gasteiger charge is 2.30. The predicted molar refractivity (Wildman–Crippen MR) is 91.8 cm³/mol. The number of hydrogen-bond acceptors (Lipinski definition) is 3. The number of carbonyl (C=O) groups excluding carboxylic acids is 2. The van der Waals surface area contributed by atoms with E-state index in [1.807, 2.05) is 7.05 Å². The molecule has 1 saturated carbocycles. The zero-order chi connectivity index (χ0) is 16.9. The van der Waals surface area contributed by atoms with E-state index in [1.165, 1.54) is 32.1 Å². The van der Waals surface area contributed by atoms with Gasteiger partial charge in [0.05, 0.1) is 0 Å². The van der Waals surface area contributed by atoms with Crippen LogP contribution in [0.15, 0.2) is 12.4 Å². The zero-order valence-electron chi connectivity index (χ0n) is 14.5. The molecule has 1 aromatic rings. The van der Waals surface area contributed by atoms with Gasteiger partial charge >= 0.3 is 6.03 Å². The van der Waals surface area contributed by atoms with Crippen molar-refractivity contribution < 1.29 is 9.59 Å². The summed E-state index contributed by atoms with van der Waals surface area (Å²) in [7, 11) is 1.83. The molecule has 24 heavy (non-hydrogen) atoms.